The van der Waals surface area contributed by atoms with Gasteiger partial charge in [0.1, 0.15) is 6.04 Å². The third kappa shape index (κ3) is 3.41. The maximum atomic E-state index is 11.9. The third-order valence-corrected chi connectivity index (χ3v) is 4.54. The molecule has 1 fully saturated rings. The Balaban J connectivity index is 1.73. The predicted octanol–water partition coefficient (Wildman–Crippen LogP) is -0.0891. The fourth-order valence-corrected chi connectivity index (χ4v) is 2.94. The SMILES string of the molecule is CN1C(=O)C(CC(=O)NCCSc2nccn2C)N(C)C1=O. The Labute approximate surface area is 132 Å². The van der Waals surface area contributed by atoms with Crippen LogP contribution in [0.5, 0.6) is 0 Å². The van der Waals surface area contributed by atoms with E-state index in [0.717, 1.165) is 10.1 Å². The number of thioether (sulfide) groups is 1. The third-order valence-electron chi connectivity index (χ3n) is 3.48. The van der Waals surface area contributed by atoms with Gasteiger partial charge < -0.3 is 14.8 Å². The molecule has 0 saturated carbocycles. The smallest absolute Gasteiger partial charge is 0.326 e. The number of carbonyl (C=O) groups is 3. The number of nitrogens with zero attached hydrogens (tertiary/aromatic N) is 4. The van der Waals surface area contributed by atoms with Gasteiger partial charge >= 0.3 is 6.03 Å². The first-order valence-electron chi connectivity index (χ1n) is 6.83. The van der Waals surface area contributed by atoms with Crippen molar-refractivity contribution in [1.29, 1.82) is 0 Å². The lowest BCUT2D eigenvalue weighted by Crippen LogP contribution is -2.38. The van der Waals surface area contributed by atoms with E-state index in [4.69, 9.17) is 0 Å². The van der Waals surface area contributed by atoms with Crippen molar-refractivity contribution >= 4 is 29.6 Å². The van der Waals surface area contributed by atoms with Gasteiger partial charge in [0.25, 0.3) is 5.91 Å². The van der Waals surface area contributed by atoms with E-state index >= 15 is 0 Å². The van der Waals surface area contributed by atoms with Crippen LogP contribution in [0, 0.1) is 0 Å². The average molecular weight is 325 g/mol. The monoisotopic (exact) mass is 325 g/mol. The number of hydrogen-bond donors (Lipinski definition) is 1. The Kier molecular flexibility index (Phi) is 5.07. The van der Waals surface area contributed by atoms with Gasteiger partial charge in [0.05, 0.1) is 6.42 Å². The Morgan fingerprint density at radius 2 is 2.09 bits per heavy atom. The predicted molar refractivity (Wildman–Crippen MR) is 81.3 cm³/mol. The number of rotatable bonds is 6. The Bertz CT molecular complexity index is 588. The minimum Gasteiger partial charge on any atom is -0.355 e. The molecule has 1 aromatic rings. The molecule has 1 N–H and O–H groups in total. The van der Waals surface area contributed by atoms with E-state index in [9.17, 15) is 14.4 Å². The van der Waals surface area contributed by atoms with Gasteiger partial charge in [0.2, 0.25) is 5.91 Å². The molecule has 8 nitrogen and oxygen atoms in total. The minimum atomic E-state index is -0.709. The molecule has 0 aliphatic carbocycles. The number of imide groups is 1. The number of aromatic nitrogens is 2. The Hall–Kier alpha value is -2.03. The lowest BCUT2D eigenvalue weighted by Gasteiger charge is -2.15. The first kappa shape index (κ1) is 16.3. The zero-order valence-corrected chi connectivity index (χ0v) is 13.6. The molecule has 1 unspecified atom stereocenters. The molecule has 0 aromatic carbocycles. The van der Waals surface area contributed by atoms with Crippen molar-refractivity contribution in [3.63, 3.8) is 0 Å². The van der Waals surface area contributed by atoms with E-state index in [0.29, 0.717) is 12.3 Å². The van der Waals surface area contributed by atoms with Crippen LogP contribution in [0.25, 0.3) is 0 Å². The summed E-state index contributed by atoms with van der Waals surface area (Å²) < 4.78 is 1.90. The lowest BCUT2D eigenvalue weighted by molar-refractivity contribution is -0.131. The molecular weight excluding hydrogens is 306 g/mol. The van der Waals surface area contributed by atoms with Crippen LogP contribution in [0.4, 0.5) is 4.79 Å². The first-order chi connectivity index (χ1) is 10.4. The van der Waals surface area contributed by atoms with Crippen molar-refractivity contribution in [2.45, 2.75) is 17.6 Å². The van der Waals surface area contributed by atoms with E-state index < -0.39 is 6.04 Å². The van der Waals surface area contributed by atoms with Gasteiger partial charge in [-0.15, -0.1) is 0 Å². The normalized spacial score (nSPS) is 18.2. The summed E-state index contributed by atoms with van der Waals surface area (Å²) in [5.41, 5.74) is 0. The van der Waals surface area contributed by atoms with Gasteiger partial charge in [-0.1, -0.05) is 11.8 Å². The van der Waals surface area contributed by atoms with Crippen LogP contribution in [0.2, 0.25) is 0 Å². The van der Waals surface area contributed by atoms with E-state index in [-0.39, 0.29) is 24.3 Å². The van der Waals surface area contributed by atoms with Crippen molar-refractivity contribution in [3.05, 3.63) is 12.4 Å². The molecule has 0 spiro atoms. The zero-order valence-electron chi connectivity index (χ0n) is 12.8. The maximum Gasteiger partial charge on any atom is 0.326 e. The molecule has 4 amide bonds. The number of carbonyl (C=O) groups excluding carboxylic acids is 3. The number of hydrogen-bond acceptors (Lipinski definition) is 5. The summed E-state index contributed by atoms with van der Waals surface area (Å²) in [6.07, 6.45) is 3.56. The second-order valence-corrected chi connectivity index (χ2v) is 6.09. The lowest BCUT2D eigenvalue weighted by atomic mass is 10.2. The first-order valence-corrected chi connectivity index (χ1v) is 7.81. The highest BCUT2D eigenvalue weighted by atomic mass is 32.2. The largest absolute Gasteiger partial charge is 0.355 e. The number of urea groups is 1. The molecular formula is C13H19N5O3S. The van der Waals surface area contributed by atoms with Crippen molar-refractivity contribution in [3.8, 4) is 0 Å². The van der Waals surface area contributed by atoms with E-state index in [2.05, 4.69) is 10.3 Å². The summed E-state index contributed by atoms with van der Waals surface area (Å²) in [5, 5.41) is 3.64. The fourth-order valence-electron chi connectivity index (χ4n) is 2.15. The zero-order chi connectivity index (χ0) is 16.3. The molecule has 120 valence electrons. The van der Waals surface area contributed by atoms with Crippen LogP contribution < -0.4 is 5.32 Å². The molecule has 9 heteroatoms. The molecule has 0 radical (unpaired) electrons. The minimum absolute atomic E-state index is 0.0154. The quantitative estimate of drug-likeness (QED) is 0.449. The molecule has 22 heavy (non-hydrogen) atoms. The molecule has 1 aromatic heterocycles. The van der Waals surface area contributed by atoms with Gasteiger partial charge in [-0.25, -0.2) is 9.78 Å². The van der Waals surface area contributed by atoms with Crippen LogP contribution in [0.1, 0.15) is 6.42 Å². The molecule has 1 atom stereocenters. The van der Waals surface area contributed by atoms with Crippen molar-refractivity contribution in [2.24, 2.45) is 7.05 Å². The van der Waals surface area contributed by atoms with Crippen molar-refractivity contribution in [2.75, 3.05) is 26.4 Å². The van der Waals surface area contributed by atoms with Gasteiger partial charge in [0.15, 0.2) is 5.16 Å². The summed E-state index contributed by atoms with van der Waals surface area (Å²) in [6.45, 7) is 0.477. The highest BCUT2D eigenvalue weighted by Gasteiger charge is 2.41. The molecule has 1 aliphatic rings. The summed E-state index contributed by atoms with van der Waals surface area (Å²) in [5.74, 6) is 0.0999. The van der Waals surface area contributed by atoms with Gasteiger partial charge in [-0.05, 0) is 0 Å². The van der Waals surface area contributed by atoms with Crippen LogP contribution in [-0.4, -0.2) is 69.6 Å². The van der Waals surface area contributed by atoms with Crippen LogP contribution >= 0.6 is 11.8 Å². The number of aryl methyl sites for hydroxylation is 1. The highest BCUT2D eigenvalue weighted by Crippen LogP contribution is 2.16. The second-order valence-electron chi connectivity index (χ2n) is 5.03. The molecule has 1 aliphatic heterocycles. The van der Waals surface area contributed by atoms with Crippen LogP contribution in [0.3, 0.4) is 0 Å². The molecule has 2 heterocycles. The summed E-state index contributed by atoms with van der Waals surface area (Å²) in [4.78, 5) is 41.9. The van der Waals surface area contributed by atoms with Gasteiger partial charge in [-0.3, -0.25) is 14.5 Å². The summed E-state index contributed by atoms with van der Waals surface area (Å²) in [6, 6.07) is -1.09. The van der Waals surface area contributed by atoms with Gasteiger partial charge in [0, 0.05) is 45.8 Å². The fraction of sp³-hybridized carbons (Fsp3) is 0.538. The number of likely N-dealkylation sites (N-methyl/N-ethyl adjacent to an activating group) is 2. The number of imidazole rings is 1. The van der Waals surface area contributed by atoms with Crippen LogP contribution in [-0.2, 0) is 16.6 Å². The Morgan fingerprint density at radius 1 is 1.36 bits per heavy atom. The molecule has 1 saturated heterocycles. The number of amides is 4. The summed E-state index contributed by atoms with van der Waals surface area (Å²) >= 11 is 1.54. The maximum absolute atomic E-state index is 11.9. The highest BCUT2D eigenvalue weighted by molar-refractivity contribution is 7.99. The van der Waals surface area contributed by atoms with Gasteiger partial charge in [-0.2, -0.15) is 0 Å². The van der Waals surface area contributed by atoms with Crippen molar-refractivity contribution in [1.82, 2.24) is 24.7 Å². The molecule has 2 rings (SSSR count). The van der Waals surface area contributed by atoms with Crippen molar-refractivity contribution < 1.29 is 14.4 Å². The standard InChI is InChI=1S/C13H19N5O3S/c1-16-6-4-15-12(16)22-7-5-14-10(19)8-9-11(20)18(3)13(21)17(9)2/h4,6,9H,5,7-8H2,1-3H3,(H,14,19). The van der Waals surface area contributed by atoms with E-state index in [1.807, 2.05) is 17.8 Å². The van der Waals surface area contributed by atoms with E-state index in [1.165, 1.54) is 30.8 Å². The topological polar surface area (TPSA) is 87.5 Å². The van der Waals surface area contributed by atoms with E-state index in [1.54, 1.807) is 6.20 Å². The average Bonchev–Trinajstić information content (AvgIpc) is 2.97. The second kappa shape index (κ2) is 6.82. The number of nitrogens with one attached hydrogen (secondary N) is 1. The van der Waals surface area contributed by atoms with Crippen LogP contribution in [0.15, 0.2) is 17.6 Å². The molecule has 0 bridgehead atoms. The summed E-state index contributed by atoms with van der Waals surface area (Å²) in [7, 11) is 4.85. The Morgan fingerprint density at radius 3 is 2.64 bits per heavy atom.